The Morgan fingerprint density at radius 1 is 0.920 bits per heavy atom. The molecule has 2 aromatic carbocycles. The van der Waals surface area contributed by atoms with Gasteiger partial charge in [-0.05, 0) is 37.1 Å². The van der Waals surface area contributed by atoms with Gasteiger partial charge in [0.2, 0.25) is 0 Å². The zero-order valence-corrected chi connectivity index (χ0v) is 14.1. The van der Waals surface area contributed by atoms with Crippen LogP contribution >= 0.6 is 0 Å². The first kappa shape index (κ1) is 16.7. The van der Waals surface area contributed by atoms with Gasteiger partial charge in [0, 0.05) is 6.20 Å². The largest absolute Gasteiger partial charge is 0.477 e. The van der Waals surface area contributed by atoms with Crippen molar-refractivity contribution in [2.45, 2.75) is 19.9 Å². The van der Waals surface area contributed by atoms with E-state index in [0.717, 1.165) is 22.3 Å². The Bertz CT molecular complexity index is 943. The number of aryl methyl sites for hydroxylation is 2. The van der Waals surface area contributed by atoms with Crippen molar-refractivity contribution in [3.05, 3.63) is 105 Å². The third-order valence-corrected chi connectivity index (χ3v) is 4.20. The van der Waals surface area contributed by atoms with E-state index < -0.39 is 11.5 Å². The fraction of sp³-hybridized carbons (Fsp3) is 0.143. The van der Waals surface area contributed by atoms with Crippen molar-refractivity contribution in [1.82, 2.24) is 4.57 Å². The lowest BCUT2D eigenvalue weighted by atomic mass is 9.95. The zero-order chi connectivity index (χ0) is 18.0. The average Bonchev–Trinajstić information content (AvgIpc) is 2.56. The van der Waals surface area contributed by atoms with Crippen molar-refractivity contribution >= 4 is 5.97 Å². The van der Waals surface area contributed by atoms with Gasteiger partial charge in [-0.1, -0.05) is 59.7 Å². The molecule has 4 nitrogen and oxygen atoms in total. The molecule has 3 rings (SSSR count). The van der Waals surface area contributed by atoms with E-state index in [2.05, 4.69) is 0 Å². The summed E-state index contributed by atoms with van der Waals surface area (Å²) in [5.74, 6) is -1.22. The van der Waals surface area contributed by atoms with E-state index in [0.29, 0.717) is 0 Å². The molecule has 25 heavy (non-hydrogen) atoms. The molecule has 0 atom stereocenters. The van der Waals surface area contributed by atoms with Crippen LogP contribution in [-0.4, -0.2) is 15.6 Å². The normalized spacial score (nSPS) is 10.8. The van der Waals surface area contributed by atoms with Crippen molar-refractivity contribution in [2.24, 2.45) is 0 Å². The summed E-state index contributed by atoms with van der Waals surface area (Å²) >= 11 is 0. The second-order valence-electron chi connectivity index (χ2n) is 6.17. The van der Waals surface area contributed by atoms with Crippen LogP contribution in [0.3, 0.4) is 0 Å². The van der Waals surface area contributed by atoms with Crippen LogP contribution in [0.2, 0.25) is 0 Å². The fourth-order valence-corrected chi connectivity index (χ4v) is 3.07. The number of aromatic carboxylic acids is 1. The van der Waals surface area contributed by atoms with Crippen molar-refractivity contribution in [3.63, 3.8) is 0 Å². The third kappa shape index (κ3) is 3.38. The minimum absolute atomic E-state index is 0.229. The molecular weight excluding hydrogens is 314 g/mol. The number of hydrogen-bond acceptors (Lipinski definition) is 2. The second kappa shape index (κ2) is 6.77. The van der Waals surface area contributed by atoms with Gasteiger partial charge in [-0.15, -0.1) is 0 Å². The molecule has 0 unspecified atom stereocenters. The molecule has 0 bridgehead atoms. The minimum atomic E-state index is -1.22. The standard InChI is InChI=1S/C21H19NO3/c1-14-6-3-8-16(12-14)19(17-9-4-7-15(2)13-17)22-11-5-10-18(20(22)23)21(24)25/h3-13,19H,1-2H3,(H,24,25). The summed E-state index contributed by atoms with van der Waals surface area (Å²) < 4.78 is 1.49. The van der Waals surface area contributed by atoms with Crippen molar-refractivity contribution < 1.29 is 9.90 Å². The van der Waals surface area contributed by atoms with Gasteiger partial charge < -0.3 is 9.67 Å². The molecule has 0 aliphatic heterocycles. The van der Waals surface area contributed by atoms with E-state index in [1.165, 1.54) is 10.6 Å². The van der Waals surface area contributed by atoms with E-state index in [4.69, 9.17) is 0 Å². The van der Waals surface area contributed by atoms with Gasteiger partial charge in [0.05, 0.1) is 6.04 Å². The highest BCUT2D eigenvalue weighted by molar-refractivity contribution is 5.87. The SMILES string of the molecule is Cc1cccc(C(c2cccc(C)c2)n2cccc(C(=O)O)c2=O)c1. The minimum Gasteiger partial charge on any atom is -0.477 e. The van der Waals surface area contributed by atoms with Crippen LogP contribution < -0.4 is 5.56 Å². The number of benzene rings is 2. The number of carbonyl (C=O) groups is 1. The Kier molecular flexibility index (Phi) is 4.52. The molecule has 1 aromatic heterocycles. The average molecular weight is 333 g/mol. The summed E-state index contributed by atoms with van der Waals surface area (Å²) in [6.45, 7) is 3.99. The molecular formula is C21H19NO3. The molecule has 0 amide bonds. The van der Waals surface area contributed by atoms with Gasteiger partial charge in [-0.2, -0.15) is 0 Å². The first-order valence-electron chi connectivity index (χ1n) is 8.05. The van der Waals surface area contributed by atoms with Gasteiger partial charge in [0.1, 0.15) is 5.56 Å². The number of carboxylic acid groups (broad SMARTS) is 1. The highest BCUT2D eigenvalue weighted by atomic mass is 16.4. The summed E-state index contributed by atoms with van der Waals surface area (Å²) in [5, 5.41) is 9.29. The molecule has 0 saturated carbocycles. The maximum atomic E-state index is 12.8. The van der Waals surface area contributed by atoms with Gasteiger partial charge in [0.15, 0.2) is 0 Å². The molecule has 1 heterocycles. The first-order valence-corrected chi connectivity index (χ1v) is 8.05. The van der Waals surface area contributed by atoms with E-state index in [9.17, 15) is 14.7 Å². The second-order valence-corrected chi connectivity index (χ2v) is 6.17. The van der Waals surface area contributed by atoms with Crippen molar-refractivity contribution in [3.8, 4) is 0 Å². The maximum absolute atomic E-state index is 12.8. The molecule has 0 spiro atoms. The predicted molar refractivity (Wildman–Crippen MR) is 97.3 cm³/mol. The lowest BCUT2D eigenvalue weighted by Gasteiger charge is -2.22. The molecule has 3 aromatic rings. The Balaban J connectivity index is 2.28. The number of pyridine rings is 1. The van der Waals surface area contributed by atoms with Crippen LogP contribution in [-0.2, 0) is 0 Å². The monoisotopic (exact) mass is 333 g/mol. The van der Waals surface area contributed by atoms with Crippen LogP contribution in [0.4, 0.5) is 0 Å². The molecule has 0 aliphatic carbocycles. The summed E-state index contributed by atoms with van der Waals surface area (Å²) in [5.41, 5.74) is 3.30. The van der Waals surface area contributed by atoms with Crippen LogP contribution in [0.15, 0.2) is 71.7 Å². The number of carboxylic acids is 1. The Labute approximate surface area is 146 Å². The summed E-state index contributed by atoms with van der Waals surface area (Å²) in [4.78, 5) is 24.1. The molecule has 0 aliphatic rings. The lowest BCUT2D eigenvalue weighted by Crippen LogP contribution is -2.30. The molecule has 0 saturated heterocycles. The Morgan fingerprint density at radius 2 is 1.48 bits per heavy atom. The lowest BCUT2D eigenvalue weighted by molar-refractivity contribution is 0.0694. The Hall–Kier alpha value is -3.14. The van der Waals surface area contributed by atoms with Crippen LogP contribution in [0, 0.1) is 13.8 Å². The third-order valence-electron chi connectivity index (χ3n) is 4.20. The number of nitrogens with zero attached hydrogens (tertiary/aromatic N) is 1. The van der Waals surface area contributed by atoms with Gasteiger partial charge in [-0.3, -0.25) is 4.79 Å². The van der Waals surface area contributed by atoms with Crippen LogP contribution in [0.5, 0.6) is 0 Å². The first-order chi connectivity index (χ1) is 12.0. The number of aromatic nitrogens is 1. The molecule has 4 heteroatoms. The van der Waals surface area contributed by atoms with Gasteiger partial charge in [0.25, 0.3) is 5.56 Å². The quantitative estimate of drug-likeness (QED) is 0.790. The summed E-state index contributed by atoms with van der Waals surface area (Å²) in [7, 11) is 0. The summed E-state index contributed by atoms with van der Waals surface area (Å²) in [6, 6.07) is 18.4. The number of hydrogen-bond donors (Lipinski definition) is 1. The fourth-order valence-electron chi connectivity index (χ4n) is 3.07. The molecule has 126 valence electrons. The van der Waals surface area contributed by atoms with Crippen molar-refractivity contribution in [2.75, 3.05) is 0 Å². The van der Waals surface area contributed by atoms with Crippen LogP contribution in [0.1, 0.15) is 38.7 Å². The molecule has 0 radical (unpaired) electrons. The zero-order valence-electron chi connectivity index (χ0n) is 14.1. The smallest absolute Gasteiger partial charge is 0.341 e. The topological polar surface area (TPSA) is 59.3 Å². The highest BCUT2D eigenvalue weighted by Crippen LogP contribution is 2.27. The molecule has 0 fully saturated rings. The van der Waals surface area contributed by atoms with E-state index in [1.54, 1.807) is 12.3 Å². The molecule has 1 N–H and O–H groups in total. The predicted octanol–water partition coefficient (Wildman–Crippen LogP) is 3.80. The summed E-state index contributed by atoms with van der Waals surface area (Å²) in [6.07, 6.45) is 1.64. The van der Waals surface area contributed by atoms with E-state index >= 15 is 0 Å². The van der Waals surface area contributed by atoms with Gasteiger partial charge >= 0.3 is 5.97 Å². The van der Waals surface area contributed by atoms with E-state index in [1.807, 2.05) is 62.4 Å². The Morgan fingerprint density at radius 3 is 1.96 bits per heavy atom. The van der Waals surface area contributed by atoms with Gasteiger partial charge in [-0.25, -0.2) is 4.79 Å². The number of rotatable bonds is 4. The highest BCUT2D eigenvalue weighted by Gasteiger charge is 2.20. The van der Waals surface area contributed by atoms with E-state index in [-0.39, 0.29) is 11.6 Å². The van der Waals surface area contributed by atoms with Crippen molar-refractivity contribution in [1.29, 1.82) is 0 Å². The van der Waals surface area contributed by atoms with Crippen LogP contribution in [0.25, 0.3) is 0 Å². The maximum Gasteiger partial charge on any atom is 0.341 e.